The van der Waals surface area contributed by atoms with Crippen LogP contribution in [0.1, 0.15) is 49.4 Å². The number of hydrogen-bond acceptors (Lipinski definition) is 3. The fourth-order valence-electron chi connectivity index (χ4n) is 3.27. The van der Waals surface area contributed by atoms with Gasteiger partial charge in [-0.15, -0.1) is 0 Å². The van der Waals surface area contributed by atoms with Gasteiger partial charge in [0.2, 0.25) is 5.37 Å². The monoisotopic (exact) mass is 348 g/mol. The molecule has 130 valence electrons. The van der Waals surface area contributed by atoms with Gasteiger partial charge < -0.3 is 15.5 Å². The molecule has 2 aliphatic rings. The molecule has 2 heterocycles. The van der Waals surface area contributed by atoms with Crippen LogP contribution in [0, 0.1) is 0 Å². The minimum Gasteiger partial charge on any atom is -0.352 e. The second kappa shape index (κ2) is 8.03. The number of anilines is 1. The summed E-state index contributed by atoms with van der Waals surface area (Å²) in [5.74, 6) is -0.0118. The van der Waals surface area contributed by atoms with Crippen LogP contribution in [-0.4, -0.2) is 36.8 Å². The Hall–Kier alpha value is -1.53. The molecule has 0 saturated carbocycles. The molecule has 1 aromatic rings. The maximum Gasteiger partial charge on any atom is 0.294 e. The van der Waals surface area contributed by atoms with Gasteiger partial charge in [0.1, 0.15) is 0 Å². The summed E-state index contributed by atoms with van der Waals surface area (Å²) in [6.45, 7) is 4.92. The first-order valence-corrected chi connectivity index (χ1v) is 9.81. The maximum absolute atomic E-state index is 12.5. The van der Waals surface area contributed by atoms with Crippen molar-refractivity contribution < 1.29 is 14.5 Å². The lowest BCUT2D eigenvalue weighted by Gasteiger charge is -2.33. The Balaban J connectivity index is 1.69. The number of nitrogens with one attached hydrogen (secondary N) is 3. The highest BCUT2D eigenvalue weighted by atomic mass is 32.2. The summed E-state index contributed by atoms with van der Waals surface area (Å²) in [7, 11) is 0. The van der Waals surface area contributed by atoms with E-state index >= 15 is 0 Å². The molecule has 0 radical (unpaired) electrons. The quantitative estimate of drug-likeness (QED) is 0.709. The molecule has 0 bridgehead atoms. The molecular formula is C18H26N3O2S+. The van der Waals surface area contributed by atoms with Crippen LogP contribution in [0.3, 0.4) is 0 Å². The topological polar surface area (TPSA) is 62.6 Å². The van der Waals surface area contributed by atoms with E-state index in [0.717, 1.165) is 36.5 Å². The number of unbranched alkanes of at least 4 members (excludes halogenated alkanes) is 1. The highest BCUT2D eigenvalue weighted by Gasteiger charge is 2.36. The van der Waals surface area contributed by atoms with Gasteiger partial charge >= 0.3 is 0 Å². The summed E-state index contributed by atoms with van der Waals surface area (Å²) >= 11 is 1.63. The van der Waals surface area contributed by atoms with E-state index in [9.17, 15) is 9.59 Å². The molecule has 1 aromatic carbocycles. The Morgan fingerprint density at radius 1 is 1.33 bits per heavy atom. The molecule has 24 heavy (non-hydrogen) atoms. The van der Waals surface area contributed by atoms with Gasteiger partial charge in [-0.05, 0) is 43.9 Å². The van der Waals surface area contributed by atoms with E-state index in [0.29, 0.717) is 12.1 Å². The number of carbonyl (C=O) groups is 2. The summed E-state index contributed by atoms with van der Waals surface area (Å²) in [6.07, 6.45) is 5.70. The Morgan fingerprint density at radius 2 is 2.12 bits per heavy atom. The molecule has 1 saturated heterocycles. The van der Waals surface area contributed by atoms with Crippen LogP contribution in [-0.2, 0) is 4.79 Å². The largest absolute Gasteiger partial charge is 0.352 e. The van der Waals surface area contributed by atoms with E-state index in [4.69, 9.17) is 0 Å². The van der Waals surface area contributed by atoms with Gasteiger partial charge in [-0.2, -0.15) is 0 Å². The van der Waals surface area contributed by atoms with Gasteiger partial charge in [0.25, 0.3) is 11.8 Å². The fourth-order valence-corrected chi connectivity index (χ4v) is 4.47. The molecule has 3 N–H and O–H groups in total. The highest BCUT2D eigenvalue weighted by molar-refractivity contribution is 8.00. The van der Waals surface area contributed by atoms with E-state index in [1.807, 2.05) is 12.1 Å². The number of fused-ring (bicyclic) bond motifs is 1. The fraction of sp³-hybridized carbons (Fsp3) is 0.556. The number of rotatable bonds is 5. The van der Waals surface area contributed by atoms with Crippen LogP contribution in [0.4, 0.5) is 5.69 Å². The van der Waals surface area contributed by atoms with Gasteiger partial charge in [-0.25, -0.2) is 0 Å². The van der Waals surface area contributed by atoms with Crippen LogP contribution in [0.5, 0.6) is 0 Å². The zero-order chi connectivity index (χ0) is 16.9. The van der Waals surface area contributed by atoms with Gasteiger partial charge in [-0.3, -0.25) is 9.59 Å². The molecule has 2 amide bonds. The lowest BCUT2D eigenvalue weighted by atomic mass is 10.1. The van der Waals surface area contributed by atoms with Gasteiger partial charge in [0.15, 0.2) is 0 Å². The summed E-state index contributed by atoms with van der Waals surface area (Å²) in [4.78, 5) is 27.1. The molecule has 0 spiro atoms. The number of benzene rings is 1. The van der Waals surface area contributed by atoms with Crippen molar-refractivity contribution in [1.29, 1.82) is 0 Å². The first kappa shape index (κ1) is 17.3. The standard InChI is InChI=1S/C18H25N3O2S/c1-2-3-9-19-16(22)13-7-8-15-14(12-13)20-17(23)18(24-15)21-10-5-4-6-11-21/h7-8,12,18H,2-6,9-11H2,1H3,(H,19,22)(H,20,23)/p+1. The number of thioether (sulfide) groups is 1. The molecule has 1 fully saturated rings. The van der Waals surface area contributed by atoms with E-state index in [-0.39, 0.29) is 17.2 Å². The van der Waals surface area contributed by atoms with Crippen molar-refractivity contribution in [2.45, 2.75) is 49.3 Å². The van der Waals surface area contributed by atoms with Crippen LogP contribution in [0.2, 0.25) is 0 Å². The lowest BCUT2D eigenvalue weighted by Crippen LogP contribution is -3.17. The Labute approximate surface area is 147 Å². The van der Waals surface area contributed by atoms with E-state index < -0.39 is 0 Å². The average molecular weight is 348 g/mol. The average Bonchev–Trinajstić information content (AvgIpc) is 2.61. The van der Waals surface area contributed by atoms with Gasteiger partial charge in [0, 0.05) is 17.0 Å². The Bertz CT molecular complexity index is 614. The van der Waals surface area contributed by atoms with Crippen molar-refractivity contribution in [3.05, 3.63) is 23.8 Å². The number of quaternary nitrogens is 1. The first-order valence-electron chi connectivity index (χ1n) is 8.93. The highest BCUT2D eigenvalue weighted by Crippen LogP contribution is 2.34. The predicted molar refractivity (Wildman–Crippen MR) is 96.5 cm³/mol. The first-order chi connectivity index (χ1) is 11.7. The van der Waals surface area contributed by atoms with Gasteiger partial charge in [0.05, 0.1) is 18.8 Å². The number of hydrogen-bond donors (Lipinski definition) is 3. The summed E-state index contributed by atoms with van der Waals surface area (Å²) in [6, 6.07) is 5.61. The molecule has 0 aliphatic carbocycles. The third-order valence-electron chi connectivity index (χ3n) is 4.67. The molecule has 1 atom stereocenters. The van der Waals surface area contributed by atoms with Crippen LogP contribution in [0.15, 0.2) is 23.1 Å². The Morgan fingerprint density at radius 3 is 2.88 bits per heavy atom. The predicted octanol–water partition coefficient (Wildman–Crippen LogP) is 1.66. The summed E-state index contributed by atoms with van der Waals surface area (Å²) in [5, 5.41) is 5.86. The van der Waals surface area contributed by atoms with Crippen molar-refractivity contribution in [3.8, 4) is 0 Å². The maximum atomic E-state index is 12.5. The van der Waals surface area contributed by atoms with E-state index in [1.54, 1.807) is 17.8 Å². The number of carbonyl (C=O) groups excluding carboxylic acids is 2. The molecular weight excluding hydrogens is 322 g/mol. The summed E-state index contributed by atoms with van der Waals surface area (Å²) < 4.78 is 0. The van der Waals surface area contributed by atoms with Crippen molar-refractivity contribution in [3.63, 3.8) is 0 Å². The van der Waals surface area contributed by atoms with E-state index in [1.165, 1.54) is 24.2 Å². The van der Waals surface area contributed by atoms with Gasteiger partial charge in [-0.1, -0.05) is 25.1 Å². The molecule has 1 unspecified atom stereocenters. The number of piperidine rings is 1. The molecule has 2 aliphatic heterocycles. The molecule has 3 rings (SSSR count). The Kier molecular flexibility index (Phi) is 5.79. The zero-order valence-corrected chi connectivity index (χ0v) is 15.0. The SMILES string of the molecule is CCCCNC(=O)c1ccc2c(c1)NC(=O)C([NH+]1CCCCC1)S2. The lowest BCUT2D eigenvalue weighted by molar-refractivity contribution is -0.906. The van der Waals surface area contributed by atoms with Crippen molar-refractivity contribution in [2.75, 3.05) is 25.0 Å². The second-order valence-electron chi connectivity index (χ2n) is 6.53. The second-order valence-corrected chi connectivity index (χ2v) is 7.67. The van der Waals surface area contributed by atoms with Crippen molar-refractivity contribution in [2.24, 2.45) is 0 Å². The van der Waals surface area contributed by atoms with Crippen LogP contribution in [0.25, 0.3) is 0 Å². The van der Waals surface area contributed by atoms with Crippen LogP contribution < -0.4 is 15.5 Å². The molecule has 6 heteroatoms. The minimum absolute atomic E-state index is 0.0629. The van der Waals surface area contributed by atoms with Crippen LogP contribution >= 0.6 is 11.8 Å². The van der Waals surface area contributed by atoms with Crippen molar-refractivity contribution >= 4 is 29.3 Å². The third kappa shape index (κ3) is 3.92. The zero-order valence-electron chi connectivity index (χ0n) is 14.2. The van der Waals surface area contributed by atoms with E-state index in [2.05, 4.69) is 17.6 Å². The van der Waals surface area contributed by atoms with Crippen molar-refractivity contribution in [1.82, 2.24) is 5.32 Å². The number of likely N-dealkylation sites (tertiary alicyclic amines) is 1. The normalized spacial score (nSPS) is 21.0. The molecule has 5 nitrogen and oxygen atoms in total. The molecule has 0 aromatic heterocycles. The third-order valence-corrected chi connectivity index (χ3v) is 6.06. The minimum atomic E-state index is -0.0747. The summed E-state index contributed by atoms with van der Waals surface area (Å²) in [5.41, 5.74) is 1.37. The number of amides is 2. The smallest absolute Gasteiger partial charge is 0.294 e.